The molecule has 0 aliphatic heterocycles. The quantitative estimate of drug-likeness (QED) is 0.656. The van der Waals surface area contributed by atoms with E-state index in [2.05, 4.69) is 4.98 Å². The Morgan fingerprint density at radius 2 is 2.14 bits per heavy atom. The maximum atomic E-state index is 12.0. The number of rotatable bonds is 6. The number of nitriles is 1. The van der Waals surface area contributed by atoms with E-state index in [9.17, 15) is 4.79 Å². The monoisotopic (exact) mass is 312 g/mol. The Balaban J connectivity index is 2.10. The van der Waals surface area contributed by atoms with E-state index in [-0.39, 0.29) is 17.2 Å². The molecule has 0 fully saturated rings. The molecular formula is C16H16N4OS. The van der Waals surface area contributed by atoms with Gasteiger partial charge in [-0.1, -0.05) is 42.1 Å². The molecular weight excluding hydrogens is 296 g/mol. The molecule has 0 bridgehead atoms. The number of benzene rings is 1. The Bertz CT molecular complexity index is 730. The van der Waals surface area contributed by atoms with Crippen LogP contribution in [0.15, 0.2) is 41.7 Å². The van der Waals surface area contributed by atoms with Gasteiger partial charge >= 0.3 is 0 Å². The van der Waals surface area contributed by atoms with Crippen LogP contribution in [0.2, 0.25) is 0 Å². The largest absolute Gasteiger partial charge is 0.322 e. The Kier molecular flexibility index (Phi) is 5.12. The summed E-state index contributed by atoms with van der Waals surface area (Å²) in [5.41, 5.74) is 2.11. The highest BCUT2D eigenvalue weighted by Gasteiger charge is 2.21. The highest BCUT2D eigenvalue weighted by Crippen LogP contribution is 2.25. The molecule has 22 heavy (non-hydrogen) atoms. The second-order valence-electron chi connectivity index (χ2n) is 4.85. The summed E-state index contributed by atoms with van der Waals surface area (Å²) in [5.74, 6) is -1.08. The van der Waals surface area contributed by atoms with Crippen LogP contribution in [0.4, 0.5) is 0 Å². The fourth-order valence-electron chi connectivity index (χ4n) is 2.03. The number of thioether (sulfide) groups is 1. The van der Waals surface area contributed by atoms with Crippen LogP contribution in [0.25, 0.3) is 11.3 Å². The summed E-state index contributed by atoms with van der Waals surface area (Å²) in [6.45, 7) is 1.48. The maximum absolute atomic E-state index is 12.0. The number of aromatic nitrogens is 2. The molecule has 0 aliphatic carbocycles. The van der Waals surface area contributed by atoms with Gasteiger partial charge in [-0.15, -0.1) is 0 Å². The standard InChI is InChI=1S/C16H16N4OS/c1-11(18)13(8-17)15(21)10-22-16-19-9-14(20(16)2)12-6-4-3-5-7-12/h3-7,9,13,18H,10H2,1-2H3. The van der Waals surface area contributed by atoms with Crippen molar-refractivity contribution in [2.75, 3.05) is 5.75 Å². The number of nitrogens with zero attached hydrogens (tertiary/aromatic N) is 3. The molecule has 0 saturated heterocycles. The molecule has 2 aromatic rings. The molecule has 5 nitrogen and oxygen atoms in total. The van der Waals surface area contributed by atoms with Crippen LogP contribution < -0.4 is 0 Å². The van der Waals surface area contributed by atoms with E-state index >= 15 is 0 Å². The van der Waals surface area contributed by atoms with Gasteiger partial charge in [0.1, 0.15) is 5.92 Å². The first-order chi connectivity index (χ1) is 10.5. The van der Waals surface area contributed by atoms with Gasteiger partial charge in [0, 0.05) is 12.8 Å². The maximum Gasteiger partial charge on any atom is 0.168 e. The first-order valence-electron chi connectivity index (χ1n) is 6.72. The van der Waals surface area contributed by atoms with Gasteiger partial charge in [-0.3, -0.25) is 4.79 Å². The summed E-state index contributed by atoms with van der Waals surface area (Å²) >= 11 is 1.29. The molecule has 0 amide bonds. The predicted molar refractivity (Wildman–Crippen MR) is 86.9 cm³/mol. The van der Waals surface area contributed by atoms with Crippen molar-refractivity contribution < 1.29 is 4.79 Å². The molecule has 2 rings (SSSR count). The van der Waals surface area contributed by atoms with Crippen LogP contribution in [0, 0.1) is 22.7 Å². The number of hydrogen-bond donors (Lipinski definition) is 1. The lowest BCUT2D eigenvalue weighted by molar-refractivity contribution is -0.117. The zero-order valence-electron chi connectivity index (χ0n) is 12.4. The second kappa shape index (κ2) is 7.05. The van der Waals surface area contributed by atoms with E-state index in [4.69, 9.17) is 10.7 Å². The molecule has 1 aromatic carbocycles. The van der Waals surface area contributed by atoms with E-state index in [0.29, 0.717) is 5.16 Å². The SMILES string of the molecule is CC(=N)C(C#N)C(=O)CSc1ncc(-c2ccccc2)n1C. The second-order valence-corrected chi connectivity index (χ2v) is 5.79. The number of nitrogens with one attached hydrogen (secondary N) is 1. The van der Waals surface area contributed by atoms with Gasteiger partial charge in [-0.05, 0) is 12.5 Å². The topological polar surface area (TPSA) is 82.5 Å². The molecule has 6 heteroatoms. The molecule has 1 N–H and O–H groups in total. The van der Waals surface area contributed by atoms with Gasteiger partial charge in [0.15, 0.2) is 10.9 Å². The Labute approximate surface area is 133 Å². The Hall–Kier alpha value is -2.39. The third-order valence-corrected chi connectivity index (χ3v) is 4.31. The van der Waals surface area contributed by atoms with Crippen molar-refractivity contribution in [3.63, 3.8) is 0 Å². The van der Waals surface area contributed by atoms with Gasteiger partial charge in [-0.25, -0.2) is 4.98 Å². The molecule has 0 radical (unpaired) electrons. The number of carbonyl (C=O) groups excluding carboxylic acids is 1. The van der Waals surface area contributed by atoms with Crippen molar-refractivity contribution in [1.29, 1.82) is 10.7 Å². The van der Waals surface area contributed by atoms with Crippen LogP contribution in [0.5, 0.6) is 0 Å². The minimum Gasteiger partial charge on any atom is -0.322 e. The number of ketones is 1. The molecule has 112 valence electrons. The Morgan fingerprint density at radius 3 is 2.73 bits per heavy atom. The van der Waals surface area contributed by atoms with E-state index < -0.39 is 5.92 Å². The van der Waals surface area contributed by atoms with Crippen molar-refractivity contribution in [3.8, 4) is 17.3 Å². The van der Waals surface area contributed by atoms with Crippen molar-refractivity contribution in [2.45, 2.75) is 12.1 Å². The summed E-state index contributed by atoms with van der Waals surface area (Å²) in [7, 11) is 1.89. The summed E-state index contributed by atoms with van der Waals surface area (Å²) < 4.78 is 1.92. The zero-order valence-corrected chi connectivity index (χ0v) is 13.2. The van der Waals surface area contributed by atoms with Crippen LogP contribution in [-0.4, -0.2) is 26.8 Å². The van der Waals surface area contributed by atoms with Crippen molar-refractivity contribution >= 4 is 23.3 Å². The van der Waals surface area contributed by atoms with Crippen molar-refractivity contribution in [3.05, 3.63) is 36.5 Å². The van der Waals surface area contributed by atoms with Gasteiger partial charge in [-0.2, -0.15) is 5.26 Å². The number of Topliss-reactive ketones (excluding diaryl/α,β-unsaturated/α-hetero) is 1. The minimum absolute atomic E-state index is 0.0814. The van der Waals surface area contributed by atoms with Crippen LogP contribution in [0.1, 0.15) is 6.92 Å². The minimum atomic E-state index is -0.957. The fraction of sp³-hybridized carbons (Fsp3) is 0.250. The molecule has 1 heterocycles. The first kappa shape index (κ1) is 16.0. The molecule has 1 atom stereocenters. The third kappa shape index (κ3) is 3.43. The molecule has 0 spiro atoms. The lowest BCUT2D eigenvalue weighted by atomic mass is 10.0. The van der Waals surface area contributed by atoms with Crippen LogP contribution in [-0.2, 0) is 11.8 Å². The van der Waals surface area contributed by atoms with E-state index in [1.54, 1.807) is 6.20 Å². The highest BCUT2D eigenvalue weighted by molar-refractivity contribution is 7.99. The number of carbonyl (C=O) groups is 1. The molecule has 1 unspecified atom stereocenters. The summed E-state index contributed by atoms with van der Waals surface area (Å²) in [5, 5.41) is 17.1. The third-order valence-electron chi connectivity index (χ3n) is 3.24. The smallest absolute Gasteiger partial charge is 0.168 e. The zero-order chi connectivity index (χ0) is 16.1. The normalized spacial score (nSPS) is 11.7. The lowest BCUT2D eigenvalue weighted by Gasteiger charge is -2.07. The summed E-state index contributed by atoms with van der Waals surface area (Å²) in [4.78, 5) is 16.3. The van der Waals surface area contributed by atoms with E-state index in [1.165, 1.54) is 18.7 Å². The van der Waals surface area contributed by atoms with Crippen LogP contribution >= 0.6 is 11.8 Å². The van der Waals surface area contributed by atoms with Crippen LogP contribution in [0.3, 0.4) is 0 Å². The molecule has 0 saturated carbocycles. The van der Waals surface area contributed by atoms with Gasteiger partial charge < -0.3 is 9.98 Å². The Morgan fingerprint density at radius 1 is 1.45 bits per heavy atom. The summed E-state index contributed by atoms with van der Waals surface area (Å²) in [6.07, 6.45) is 1.77. The number of imidazole rings is 1. The highest BCUT2D eigenvalue weighted by atomic mass is 32.2. The predicted octanol–water partition coefficient (Wildman–Crippen LogP) is 2.93. The molecule has 0 aliphatic rings. The molecule has 1 aromatic heterocycles. The van der Waals surface area contributed by atoms with E-state index in [0.717, 1.165) is 11.3 Å². The van der Waals surface area contributed by atoms with Crippen molar-refractivity contribution in [2.24, 2.45) is 13.0 Å². The average Bonchev–Trinajstić information content (AvgIpc) is 2.87. The van der Waals surface area contributed by atoms with Crippen molar-refractivity contribution in [1.82, 2.24) is 9.55 Å². The lowest BCUT2D eigenvalue weighted by Crippen LogP contribution is -2.21. The van der Waals surface area contributed by atoms with Gasteiger partial charge in [0.05, 0.1) is 23.7 Å². The number of hydrogen-bond acceptors (Lipinski definition) is 5. The van der Waals surface area contributed by atoms with Gasteiger partial charge in [0.25, 0.3) is 0 Å². The fourth-order valence-corrected chi connectivity index (χ4v) is 2.89. The van der Waals surface area contributed by atoms with E-state index in [1.807, 2.05) is 48.0 Å². The summed E-state index contributed by atoms with van der Waals surface area (Å²) in [6, 6.07) is 11.7. The van der Waals surface area contributed by atoms with Gasteiger partial charge in [0.2, 0.25) is 0 Å². The average molecular weight is 312 g/mol. The first-order valence-corrected chi connectivity index (χ1v) is 7.70.